The van der Waals surface area contributed by atoms with E-state index in [4.69, 9.17) is 14.2 Å². The Kier molecular flexibility index (Phi) is 5.85. The number of aliphatic carboxylic acids is 1. The second-order valence-corrected chi connectivity index (χ2v) is 4.96. The van der Waals surface area contributed by atoms with E-state index in [1.807, 2.05) is 0 Å². The number of carboxylic acids is 1. The van der Waals surface area contributed by atoms with Gasteiger partial charge in [-0.15, -0.1) is 0 Å². The summed E-state index contributed by atoms with van der Waals surface area (Å²) in [6, 6.07) is 4.12. The molecule has 0 aromatic heterocycles. The molecule has 1 aliphatic heterocycles. The zero-order valence-electron chi connectivity index (χ0n) is 12.6. The predicted octanol–water partition coefficient (Wildman–Crippen LogP) is 1.76. The highest BCUT2D eigenvalue weighted by Gasteiger charge is 2.22. The van der Waals surface area contributed by atoms with Crippen LogP contribution in [0, 0.1) is 0 Å². The van der Waals surface area contributed by atoms with Crippen molar-refractivity contribution in [2.75, 3.05) is 19.8 Å². The second kappa shape index (κ2) is 8.07. The topological polar surface area (TPSA) is 94.1 Å². The van der Waals surface area contributed by atoms with Crippen LogP contribution in [0.4, 0.5) is 4.79 Å². The Hall–Kier alpha value is -2.70. The first-order chi connectivity index (χ1) is 11.1. The Balaban J connectivity index is 2.04. The largest absolute Gasteiger partial charge is 0.490 e. The number of nitrogens with one attached hydrogen (secondary N) is 1. The van der Waals surface area contributed by atoms with E-state index in [1.165, 1.54) is 6.08 Å². The van der Waals surface area contributed by atoms with Crippen LogP contribution in [-0.2, 0) is 16.0 Å². The molecule has 0 saturated carbocycles. The van der Waals surface area contributed by atoms with Gasteiger partial charge in [0.2, 0.25) is 0 Å². The fourth-order valence-corrected chi connectivity index (χ4v) is 2.09. The van der Waals surface area contributed by atoms with Gasteiger partial charge in [0.25, 0.3) is 0 Å². The van der Waals surface area contributed by atoms with Crippen LogP contribution in [0.1, 0.15) is 12.0 Å². The van der Waals surface area contributed by atoms with Crippen LogP contribution in [0.2, 0.25) is 0 Å². The van der Waals surface area contributed by atoms with E-state index < -0.39 is 18.1 Å². The highest BCUT2D eigenvalue weighted by atomic mass is 16.5. The summed E-state index contributed by atoms with van der Waals surface area (Å²) < 4.78 is 15.8. The van der Waals surface area contributed by atoms with Crippen molar-refractivity contribution in [3.8, 4) is 11.5 Å². The van der Waals surface area contributed by atoms with Crippen molar-refractivity contribution in [1.82, 2.24) is 5.32 Å². The molecule has 1 heterocycles. The second-order valence-electron chi connectivity index (χ2n) is 4.96. The molecule has 1 amide bonds. The Bertz CT molecular complexity index is 586. The van der Waals surface area contributed by atoms with Gasteiger partial charge in [0.15, 0.2) is 11.5 Å². The van der Waals surface area contributed by atoms with Gasteiger partial charge in [0, 0.05) is 12.8 Å². The lowest BCUT2D eigenvalue weighted by Gasteiger charge is -2.15. The lowest BCUT2D eigenvalue weighted by molar-refractivity contribution is -0.139. The smallest absolute Gasteiger partial charge is 0.408 e. The van der Waals surface area contributed by atoms with Gasteiger partial charge in [0.1, 0.15) is 12.6 Å². The molecule has 1 aliphatic rings. The normalized spacial score (nSPS) is 14.3. The number of ether oxygens (including phenoxy) is 3. The first kappa shape index (κ1) is 16.7. The standard InChI is InChI=1S/C16H19NO6/c1-2-6-23-16(20)17-12(15(18)19)9-11-4-5-13-14(10-11)22-8-3-7-21-13/h2,4-5,10,12H,1,3,6-9H2,(H,17,20)(H,18,19). The van der Waals surface area contributed by atoms with E-state index in [0.29, 0.717) is 30.3 Å². The van der Waals surface area contributed by atoms with Gasteiger partial charge in [-0.3, -0.25) is 0 Å². The van der Waals surface area contributed by atoms with Crippen molar-refractivity contribution in [2.24, 2.45) is 0 Å². The maximum Gasteiger partial charge on any atom is 0.408 e. The Labute approximate surface area is 133 Å². The van der Waals surface area contributed by atoms with Crippen molar-refractivity contribution in [3.05, 3.63) is 36.4 Å². The number of fused-ring (bicyclic) bond motifs is 1. The summed E-state index contributed by atoms with van der Waals surface area (Å²) in [5.41, 5.74) is 0.714. The fourth-order valence-electron chi connectivity index (χ4n) is 2.09. The summed E-state index contributed by atoms with van der Waals surface area (Å²) in [7, 11) is 0. The molecular weight excluding hydrogens is 302 g/mol. The molecule has 124 valence electrons. The van der Waals surface area contributed by atoms with Gasteiger partial charge in [-0.05, 0) is 17.7 Å². The molecule has 7 nitrogen and oxygen atoms in total. The molecule has 2 rings (SSSR count). The Morgan fingerprint density at radius 3 is 2.78 bits per heavy atom. The van der Waals surface area contributed by atoms with E-state index in [2.05, 4.69) is 11.9 Å². The van der Waals surface area contributed by atoms with Crippen molar-refractivity contribution in [1.29, 1.82) is 0 Å². The predicted molar refractivity (Wildman–Crippen MR) is 81.9 cm³/mol. The van der Waals surface area contributed by atoms with Crippen LogP contribution in [0.5, 0.6) is 11.5 Å². The summed E-state index contributed by atoms with van der Waals surface area (Å²) in [4.78, 5) is 22.8. The minimum absolute atomic E-state index is 0.0161. The lowest BCUT2D eigenvalue weighted by Crippen LogP contribution is -2.42. The molecule has 1 atom stereocenters. The molecule has 0 fully saturated rings. The maximum atomic E-state index is 11.5. The first-order valence-electron chi connectivity index (χ1n) is 7.25. The van der Waals surface area contributed by atoms with E-state index in [0.717, 1.165) is 6.42 Å². The molecule has 23 heavy (non-hydrogen) atoms. The van der Waals surface area contributed by atoms with Gasteiger partial charge >= 0.3 is 12.1 Å². The third-order valence-electron chi connectivity index (χ3n) is 3.17. The molecule has 0 bridgehead atoms. The van der Waals surface area contributed by atoms with Gasteiger partial charge in [0.05, 0.1) is 13.2 Å². The quantitative estimate of drug-likeness (QED) is 0.775. The average molecular weight is 321 g/mol. The number of benzene rings is 1. The number of carbonyl (C=O) groups excluding carboxylic acids is 1. The van der Waals surface area contributed by atoms with Crippen LogP contribution in [0.3, 0.4) is 0 Å². The molecule has 0 radical (unpaired) electrons. The lowest BCUT2D eigenvalue weighted by atomic mass is 10.1. The monoisotopic (exact) mass is 321 g/mol. The summed E-state index contributed by atoms with van der Waals surface area (Å²) >= 11 is 0. The SMILES string of the molecule is C=CCOC(=O)NC(Cc1ccc2c(c1)OCCCO2)C(=O)O. The van der Waals surface area contributed by atoms with Crippen molar-refractivity contribution in [2.45, 2.75) is 18.9 Å². The van der Waals surface area contributed by atoms with Crippen molar-refractivity contribution in [3.63, 3.8) is 0 Å². The van der Waals surface area contributed by atoms with Crippen LogP contribution < -0.4 is 14.8 Å². The van der Waals surface area contributed by atoms with Crippen LogP contribution in [0.15, 0.2) is 30.9 Å². The van der Waals surface area contributed by atoms with Crippen LogP contribution in [-0.4, -0.2) is 43.0 Å². The fraction of sp³-hybridized carbons (Fsp3) is 0.375. The van der Waals surface area contributed by atoms with E-state index in [9.17, 15) is 14.7 Å². The van der Waals surface area contributed by atoms with Crippen LogP contribution >= 0.6 is 0 Å². The van der Waals surface area contributed by atoms with E-state index in [-0.39, 0.29) is 13.0 Å². The molecule has 0 spiro atoms. The molecular formula is C16H19NO6. The number of amides is 1. The Morgan fingerprint density at radius 1 is 1.35 bits per heavy atom. The van der Waals surface area contributed by atoms with E-state index >= 15 is 0 Å². The van der Waals surface area contributed by atoms with Crippen molar-refractivity contribution < 1.29 is 28.9 Å². The molecule has 1 aromatic rings. The number of alkyl carbamates (subject to hydrolysis) is 1. The van der Waals surface area contributed by atoms with Gasteiger partial charge < -0.3 is 24.6 Å². The minimum atomic E-state index is -1.15. The number of carbonyl (C=O) groups is 2. The molecule has 0 aliphatic carbocycles. The minimum Gasteiger partial charge on any atom is -0.490 e. The molecule has 2 N–H and O–H groups in total. The van der Waals surface area contributed by atoms with Gasteiger partial charge in [-0.2, -0.15) is 0 Å². The third kappa shape index (κ3) is 4.91. The molecule has 0 saturated heterocycles. The van der Waals surface area contributed by atoms with Gasteiger partial charge in [-0.1, -0.05) is 18.7 Å². The zero-order valence-corrected chi connectivity index (χ0v) is 12.6. The molecule has 1 unspecified atom stereocenters. The summed E-state index contributed by atoms with van der Waals surface area (Å²) in [5, 5.41) is 11.6. The first-order valence-corrected chi connectivity index (χ1v) is 7.25. The number of hydrogen-bond acceptors (Lipinski definition) is 5. The van der Waals surface area contributed by atoms with Crippen molar-refractivity contribution >= 4 is 12.1 Å². The van der Waals surface area contributed by atoms with Gasteiger partial charge in [-0.25, -0.2) is 9.59 Å². The maximum absolute atomic E-state index is 11.5. The Morgan fingerprint density at radius 2 is 2.09 bits per heavy atom. The number of hydrogen-bond donors (Lipinski definition) is 2. The molecule has 1 aromatic carbocycles. The summed E-state index contributed by atoms with van der Waals surface area (Å²) in [5.74, 6) is 0.0718. The van der Waals surface area contributed by atoms with Crippen LogP contribution in [0.25, 0.3) is 0 Å². The molecule has 7 heteroatoms. The zero-order chi connectivity index (χ0) is 16.7. The summed E-state index contributed by atoms with van der Waals surface area (Å²) in [6.45, 7) is 4.56. The highest BCUT2D eigenvalue weighted by molar-refractivity contribution is 5.80. The van der Waals surface area contributed by atoms with E-state index in [1.54, 1.807) is 18.2 Å². The summed E-state index contributed by atoms with van der Waals surface area (Å²) in [6.07, 6.45) is 1.50. The number of rotatable bonds is 6. The third-order valence-corrected chi connectivity index (χ3v) is 3.17. The number of carboxylic acid groups (broad SMARTS) is 1. The average Bonchev–Trinajstić information content (AvgIpc) is 2.77. The highest BCUT2D eigenvalue weighted by Crippen LogP contribution is 2.30.